The molecule has 1 atom stereocenters. The van der Waals surface area contributed by atoms with Crippen LogP contribution in [0, 0.1) is 11.6 Å². The number of rotatable bonds is 9. The summed E-state index contributed by atoms with van der Waals surface area (Å²) in [4.78, 5) is -6.98. The topological polar surface area (TPSA) is 350 Å². The lowest BCUT2D eigenvalue weighted by molar-refractivity contribution is 0.442. The molecule has 0 aliphatic heterocycles. The Balaban J connectivity index is 2.07. The number of azo groups is 2. The molecule has 262 valence electrons. The zero-order chi connectivity index (χ0) is 37.0. The minimum absolute atomic E-state index is 0.0624. The normalized spacial score (nSPS) is 13.9. The summed E-state index contributed by atoms with van der Waals surface area (Å²) in [5, 5.41) is 23.2. The third-order valence-corrected chi connectivity index (χ3v) is 10.3. The predicted molar refractivity (Wildman–Crippen MR) is 159 cm³/mol. The van der Waals surface area contributed by atoms with E-state index in [1.807, 2.05) is 0 Å². The molecule has 0 heterocycles. The molecule has 0 saturated heterocycles. The molecule has 0 aliphatic carbocycles. The van der Waals surface area contributed by atoms with Crippen molar-refractivity contribution in [2.24, 2.45) is 20.5 Å². The van der Waals surface area contributed by atoms with E-state index in [1.165, 1.54) is 0 Å². The Bertz CT molecular complexity index is 2620. The standard InChI is InChI=1S/C22H15F2N5O15S5/c23-11-7-12(22(49(42,43)44)16(24)21(11)48(39,40)41)27-29-19-14(47(36,37)38)6-8-5-13(46(33,34)35)18(17(25)15(8)20(19)30)28-26-9-1-3-10(4-2-9)45(31)32/h1-7,30H,25H2,(H,31,32)(H,33,34,35)(H,36,37,38)(H,39,40,41)(H,42,43,44). The molecule has 4 aromatic rings. The zero-order valence-electron chi connectivity index (χ0n) is 23.1. The van der Waals surface area contributed by atoms with Crippen LogP contribution in [-0.2, 0) is 51.6 Å². The Morgan fingerprint density at radius 1 is 0.673 bits per heavy atom. The van der Waals surface area contributed by atoms with Crippen molar-refractivity contribution in [3.05, 3.63) is 54.1 Å². The molecule has 4 aromatic carbocycles. The first-order valence-electron chi connectivity index (χ1n) is 11.9. The van der Waals surface area contributed by atoms with Crippen molar-refractivity contribution < 1.29 is 74.5 Å². The highest BCUT2D eigenvalue weighted by Crippen LogP contribution is 2.48. The average molecular weight is 788 g/mol. The molecule has 8 N–H and O–H groups in total. The van der Waals surface area contributed by atoms with E-state index in [9.17, 15) is 65.4 Å². The van der Waals surface area contributed by atoms with Crippen molar-refractivity contribution in [2.45, 2.75) is 24.5 Å². The molecule has 4 rings (SSSR count). The van der Waals surface area contributed by atoms with Gasteiger partial charge in [-0.1, -0.05) is 0 Å². The van der Waals surface area contributed by atoms with Crippen LogP contribution in [0.2, 0.25) is 0 Å². The van der Waals surface area contributed by atoms with Crippen LogP contribution < -0.4 is 5.73 Å². The van der Waals surface area contributed by atoms with Crippen LogP contribution in [0.25, 0.3) is 10.8 Å². The van der Waals surface area contributed by atoms with Crippen LogP contribution in [0.15, 0.2) is 87.4 Å². The summed E-state index contributed by atoms with van der Waals surface area (Å²) in [5.74, 6) is -6.19. The first-order valence-corrected chi connectivity index (χ1v) is 18.8. The maximum Gasteiger partial charge on any atom is 0.300 e. The van der Waals surface area contributed by atoms with Gasteiger partial charge in [0.1, 0.15) is 32.7 Å². The fraction of sp³-hybridized carbons (Fsp3) is 0. The molecule has 1 unspecified atom stereocenters. The van der Waals surface area contributed by atoms with E-state index in [0.29, 0.717) is 12.1 Å². The highest BCUT2D eigenvalue weighted by molar-refractivity contribution is 7.87. The number of nitrogens with zero attached hydrogens (tertiary/aromatic N) is 4. The van der Waals surface area contributed by atoms with Crippen LogP contribution in [0.4, 0.5) is 37.2 Å². The third kappa shape index (κ3) is 7.59. The highest BCUT2D eigenvalue weighted by Gasteiger charge is 2.33. The van der Waals surface area contributed by atoms with E-state index >= 15 is 0 Å². The van der Waals surface area contributed by atoms with Crippen LogP contribution in [-0.4, -0.2) is 65.8 Å². The number of hydrogen-bond donors (Lipinski definition) is 7. The van der Waals surface area contributed by atoms with E-state index in [4.69, 9.17) is 14.8 Å². The molecule has 0 bridgehead atoms. The lowest BCUT2D eigenvalue weighted by Gasteiger charge is -2.14. The first kappa shape index (κ1) is 37.4. The molecular formula is C22H15F2N5O15S5. The van der Waals surface area contributed by atoms with Gasteiger partial charge in [0.15, 0.2) is 32.4 Å². The summed E-state index contributed by atoms with van der Waals surface area (Å²) in [7, 11) is -22.5. The number of anilines is 1. The van der Waals surface area contributed by atoms with Gasteiger partial charge in [-0.3, -0.25) is 18.2 Å². The second kappa shape index (κ2) is 12.8. The summed E-state index contributed by atoms with van der Waals surface area (Å²) >= 11 is -2.38. The van der Waals surface area contributed by atoms with Gasteiger partial charge in [-0.25, -0.2) is 13.0 Å². The molecule has 0 amide bonds. The number of phenols is 1. The zero-order valence-corrected chi connectivity index (χ0v) is 27.1. The predicted octanol–water partition coefficient (Wildman–Crippen LogP) is 3.80. The van der Waals surface area contributed by atoms with E-state index in [0.717, 1.165) is 24.3 Å². The third-order valence-electron chi connectivity index (χ3n) is 6.06. The van der Waals surface area contributed by atoms with Crippen LogP contribution in [0.1, 0.15) is 0 Å². The smallest absolute Gasteiger partial charge is 0.300 e. The number of aromatic hydroxyl groups is 1. The molecule has 0 aromatic heterocycles. The van der Waals surface area contributed by atoms with E-state index < -0.39 is 122 Å². The van der Waals surface area contributed by atoms with Crippen LogP contribution >= 0.6 is 0 Å². The molecular weight excluding hydrogens is 773 g/mol. The number of phenolic OH excluding ortho intramolecular Hbond substituents is 1. The van der Waals surface area contributed by atoms with Crippen molar-refractivity contribution in [1.29, 1.82) is 0 Å². The minimum atomic E-state index is -5.87. The number of fused-ring (bicyclic) bond motifs is 1. The molecule has 49 heavy (non-hydrogen) atoms. The summed E-state index contributed by atoms with van der Waals surface area (Å²) in [6, 6.07) is 5.32. The Morgan fingerprint density at radius 3 is 1.63 bits per heavy atom. The number of benzene rings is 4. The second-order valence-corrected chi connectivity index (χ2v) is 15.7. The minimum Gasteiger partial charge on any atom is -0.505 e. The van der Waals surface area contributed by atoms with Crippen molar-refractivity contribution in [1.82, 2.24) is 0 Å². The van der Waals surface area contributed by atoms with Gasteiger partial charge in [0.2, 0.25) is 0 Å². The molecule has 20 nitrogen and oxygen atoms in total. The lowest BCUT2D eigenvalue weighted by atomic mass is 10.1. The van der Waals surface area contributed by atoms with Crippen molar-refractivity contribution in [3.63, 3.8) is 0 Å². The van der Waals surface area contributed by atoms with Crippen molar-refractivity contribution in [2.75, 3.05) is 5.73 Å². The molecule has 0 spiro atoms. The van der Waals surface area contributed by atoms with E-state index in [-0.39, 0.29) is 16.6 Å². The number of nitrogen functional groups attached to an aromatic ring is 1. The maximum absolute atomic E-state index is 14.8. The molecule has 27 heteroatoms. The first-order chi connectivity index (χ1) is 22.3. The summed E-state index contributed by atoms with van der Waals surface area (Å²) in [5.41, 5.74) is 1.20. The van der Waals surface area contributed by atoms with Crippen molar-refractivity contribution in [3.8, 4) is 5.75 Å². The summed E-state index contributed by atoms with van der Waals surface area (Å²) in [6.45, 7) is 0. The highest BCUT2D eigenvalue weighted by atomic mass is 32.2. The van der Waals surface area contributed by atoms with Crippen molar-refractivity contribution >= 4 is 90.8 Å². The van der Waals surface area contributed by atoms with Gasteiger partial charge in [0.25, 0.3) is 40.5 Å². The van der Waals surface area contributed by atoms with Gasteiger partial charge in [0.05, 0.1) is 21.7 Å². The lowest BCUT2D eigenvalue weighted by Crippen LogP contribution is -2.11. The van der Waals surface area contributed by atoms with Gasteiger partial charge < -0.3 is 15.4 Å². The Hall–Kier alpha value is -4.45. The molecule has 0 saturated carbocycles. The SMILES string of the molecule is Nc1c(N=Nc2ccc(S(=O)O)cc2)c(S(=O)(=O)O)cc2cc(S(=O)(=O)O)c(N=Nc3cc(F)c(S(=O)(=O)O)c(F)c3S(=O)(=O)O)c(O)c12. The average Bonchev–Trinajstić information content (AvgIpc) is 2.93. The molecule has 0 fully saturated rings. The van der Waals surface area contributed by atoms with Gasteiger partial charge in [-0.15, -0.1) is 15.3 Å². The van der Waals surface area contributed by atoms with Crippen LogP contribution in [0.3, 0.4) is 0 Å². The Kier molecular flexibility index (Phi) is 9.75. The van der Waals surface area contributed by atoms with Gasteiger partial charge >= 0.3 is 0 Å². The van der Waals surface area contributed by atoms with E-state index in [2.05, 4.69) is 20.5 Å². The van der Waals surface area contributed by atoms with Gasteiger partial charge in [-0.2, -0.15) is 38.8 Å². The number of halogens is 2. The Labute approximate surface area is 274 Å². The maximum atomic E-state index is 14.8. The number of hydrogen-bond acceptors (Lipinski definition) is 15. The van der Waals surface area contributed by atoms with Crippen LogP contribution in [0.5, 0.6) is 5.75 Å². The van der Waals surface area contributed by atoms with Gasteiger partial charge in [0, 0.05) is 6.07 Å². The second-order valence-electron chi connectivity index (χ2n) is 9.20. The molecule has 0 aliphatic rings. The number of nitrogens with two attached hydrogens (primary N) is 1. The monoisotopic (exact) mass is 787 g/mol. The quantitative estimate of drug-likeness (QED) is 0.0549. The largest absolute Gasteiger partial charge is 0.505 e. The fourth-order valence-corrected chi connectivity index (χ4v) is 7.16. The summed E-state index contributed by atoms with van der Waals surface area (Å²) < 4.78 is 183. The van der Waals surface area contributed by atoms with Gasteiger partial charge in [-0.05, 0) is 41.8 Å². The molecule has 0 radical (unpaired) electrons. The Morgan fingerprint density at radius 2 is 1.16 bits per heavy atom. The fourth-order valence-electron chi connectivity index (χ4n) is 4.07. The summed E-state index contributed by atoms with van der Waals surface area (Å²) in [6.07, 6.45) is 0. The van der Waals surface area contributed by atoms with E-state index in [1.54, 1.807) is 0 Å².